The molecule has 60 valence electrons. The van der Waals surface area contributed by atoms with Gasteiger partial charge in [-0.05, 0) is 18.2 Å². The van der Waals surface area contributed by atoms with E-state index in [9.17, 15) is 0 Å². The summed E-state index contributed by atoms with van der Waals surface area (Å²) in [5.74, 6) is 0. The van der Waals surface area contributed by atoms with Gasteiger partial charge in [-0.25, -0.2) is 4.98 Å². The Morgan fingerprint density at radius 1 is 1.25 bits per heavy atom. The molecule has 2 aromatic rings. The van der Waals surface area contributed by atoms with Crippen LogP contribution in [0.1, 0.15) is 0 Å². The number of anilines is 1. The molecular weight excluding hydrogens is 174 g/mol. The van der Waals surface area contributed by atoms with E-state index in [-0.39, 0.29) is 0 Å². The largest absolute Gasteiger partial charge is 0.397 e. The summed E-state index contributed by atoms with van der Waals surface area (Å²) in [6, 6.07) is 5.18. The molecule has 2 rings (SSSR count). The highest BCUT2D eigenvalue weighted by Gasteiger charge is 1.99. The summed E-state index contributed by atoms with van der Waals surface area (Å²) >= 11 is 5.70. The molecule has 0 atom stereocenters. The highest BCUT2D eigenvalue weighted by atomic mass is 35.5. The Labute approximate surface area is 74.2 Å². The molecule has 0 saturated carbocycles. The third-order valence-corrected chi connectivity index (χ3v) is 1.79. The van der Waals surface area contributed by atoms with E-state index in [4.69, 9.17) is 17.3 Å². The quantitative estimate of drug-likeness (QED) is 0.628. The van der Waals surface area contributed by atoms with E-state index in [0.717, 1.165) is 5.52 Å². The van der Waals surface area contributed by atoms with Crippen LogP contribution in [0.2, 0.25) is 5.15 Å². The summed E-state index contributed by atoms with van der Waals surface area (Å²) in [6.07, 6.45) is 1.65. The zero-order chi connectivity index (χ0) is 8.55. The van der Waals surface area contributed by atoms with Crippen molar-refractivity contribution >= 4 is 28.3 Å². The van der Waals surface area contributed by atoms with Crippen LogP contribution in [0.25, 0.3) is 11.0 Å². The van der Waals surface area contributed by atoms with Crippen LogP contribution in [0.3, 0.4) is 0 Å². The monoisotopic (exact) mass is 179 g/mol. The molecule has 12 heavy (non-hydrogen) atoms. The molecule has 0 aliphatic carbocycles. The molecule has 0 radical (unpaired) electrons. The molecule has 0 fully saturated rings. The summed E-state index contributed by atoms with van der Waals surface area (Å²) in [5, 5.41) is 0.433. The molecule has 0 bridgehead atoms. The van der Waals surface area contributed by atoms with Gasteiger partial charge in [-0.2, -0.15) is 0 Å². The first kappa shape index (κ1) is 7.31. The highest BCUT2D eigenvalue weighted by Crippen LogP contribution is 2.17. The molecule has 2 aromatic heterocycles. The Hall–Kier alpha value is -1.35. The minimum atomic E-state index is 0.433. The average molecular weight is 180 g/mol. The molecule has 4 heteroatoms. The van der Waals surface area contributed by atoms with Gasteiger partial charge in [0.25, 0.3) is 0 Å². The lowest BCUT2D eigenvalue weighted by atomic mass is 10.3. The zero-order valence-electron chi connectivity index (χ0n) is 6.16. The van der Waals surface area contributed by atoms with Gasteiger partial charge in [0.05, 0.1) is 11.2 Å². The standard InChI is InChI=1S/C8H6ClN3/c9-7-2-1-6-8(12-7)5(10)3-4-11-6/h1-4H,(H2,10,11). The van der Waals surface area contributed by atoms with Crippen LogP contribution in [0, 0.1) is 0 Å². The van der Waals surface area contributed by atoms with Crippen LogP contribution in [0.5, 0.6) is 0 Å². The van der Waals surface area contributed by atoms with Crippen LogP contribution < -0.4 is 5.73 Å². The molecule has 0 unspecified atom stereocenters. The van der Waals surface area contributed by atoms with Gasteiger partial charge in [0.15, 0.2) is 0 Å². The van der Waals surface area contributed by atoms with Gasteiger partial charge >= 0.3 is 0 Å². The molecule has 0 aliphatic heterocycles. The van der Waals surface area contributed by atoms with Crippen molar-refractivity contribution in [3.05, 3.63) is 29.5 Å². The summed E-state index contributed by atoms with van der Waals surface area (Å²) < 4.78 is 0. The fraction of sp³-hybridized carbons (Fsp3) is 0. The normalized spacial score (nSPS) is 10.4. The number of rotatable bonds is 0. The Morgan fingerprint density at radius 2 is 2.08 bits per heavy atom. The summed E-state index contributed by atoms with van der Waals surface area (Å²) in [4.78, 5) is 8.14. The molecule has 2 N–H and O–H groups in total. The number of fused-ring (bicyclic) bond motifs is 1. The van der Waals surface area contributed by atoms with Crippen LogP contribution in [-0.2, 0) is 0 Å². The summed E-state index contributed by atoms with van der Waals surface area (Å²) in [5.41, 5.74) is 7.68. The number of hydrogen-bond donors (Lipinski definition) is 1. The topological polar surface area (TPSA) is 51.8 Å². The van der Waals surface area contributed by atoms with Crippen LogP contribution in [0.4, 0.5) is 5.69 Å². The zero-order valence-corrected chi connectivity index (χ0v) is 6.92. The third-order valence-electron chi connectivity index (χ3n) is 1.58. The number of hydrogen-bond acceptors (Lipinski definition) is 3. The summed E-state index contributed by atoms with van der Waals surface area (Å²) in [7, 11) is 0. The van der Waals surface area contributed by atoms with E-state index in [1.807, 2.05) is 0 Å². The molecule has 3 nitrogen and oxygen atoms in total. The van der Waals surface area contributed by atoms with Crippen LogP contribution >= 0.6 is 11.6 Å². The smallest absolute Gasteiger partial charge is 0.130 e. The van der Waals surface area contributed by atoms with Gasteiger partial charge in [-0.1, -0.05) is 11.6 Å². The van der Waals surface area contributed by atoms with Crippen molar-refractivity contribution in [2.24, 2.45) is 0 Å². The van der Waals surface area contributed by atoms with Crippen molar-refractivity contribution in [2.45, 2.75) is 0 Å². The maximum atomic E-state index is 5.70. The number of nitrogen functional groups attached to an aromatic ring is 1. The first-order chi connectivity index (χ1) is 5.77. The van der Waals surface area contributed by atoms with Crippen molar-refractivity contribution in [1.82, 2.24) is 9.97 Å². The van der Waals surface area contributed by atoms with E-state index >= 15 is 0 Å². The molecule has 0 aliphatic rings. The Kier molecular flexibility index (Phi) is 1.59. The third kappa shape index (κ3) is 1.08. The lowest BCUT2D eigenvalue weighted by Crippen LogP contribution is -1.90. The van der Waals surface area contributed by atoms with Crippen LogP contribution in [0.15, 0.2) is 24.4 Å². The average Bonchev–Trinajstić information content (AvgIpc) is 2.07. The van der Waals surface area contributed by atoms with Crippen molar-refractivity contribution in [3.63, 3.8) is 0 Å². The van der Waals surface area contributed by atoms with Crippen molar-refractivity contribution < 1.29 is 0 Å². The summed E-state index contributed by atoms with van der Waals surface area (Å²) in [6.45, 7) is 0. The molecular formula is C8H6ClN3. The molecule has 0 aromatic carbocycles. The van der Waals surface area contributed by atoms with Gasteiger partial charge in [-0.15, -0.1) is 0 Å². The maximum absolute atomic E-state index is 5.70. The van der Waals surface area contributed by atoms with E-state index in [1.165, 1.54) is 0 Å². The number of nitrogens with zero attached hydrogens (tertiary/aromatic N) is 2. The number of halogens is 1. The van der Waals surface area contributed by atoms with Gasteiger partial charge in [0.2, 0.25) is 0 Å². The van der Waals surface area contributed by atoms with E-state index < -0.39 is 0 Å². The number of nitrogens with two attached hydrogens (primary N) is 1. The van der Waals surface area contributed by atoms with Gasteiger partial charge in [0.1, 0.15) is 10.7 Å². The van der Waals surface area contributed by atoms with Crippen LogP contribution in [-0.4, -0.2) is 9.97 Å². The van der Waals surface area contributed by atoms with E-state index in [2.05, 4.69) is 9.97 Å². The van der Waals surface area contributed by atoms with Crippen molar-refractivity contribution in [2.75, 3.05) is 5.73 Å². The minimum absolute atomic E-state index is 0.433. The fourth-order valence-electron chi connectivity index (χ4n) is 1.02. The van der Waals surface area contributed by atoms with Gasteiger partial charge < -0.3 is 5.73 Å². The number of pyridine rings is 2. The molecule has 0 spiro atoms. The predicted molar refractivity (Wildman–Crippen MR) is 49.0 cm³/mol. The minimum Gasteiger partial charge on any atom is -0.397 e. The first-order valence-corrected chi connectivity index (χ1v) is 3.82. The maximum Gasteiger partial charge on any atom is 0.130 e. The Morgan fingerprint density at radius 3 is 2.92 bits per heavy atom. The van der Waals surface area contributed by atoms with E-state index in [0.29, 0.717) is 16.4 Å². The second-order valence-electron chi connectivity index (χ2n) is 2.40. The lowest BCUT2D eigenvalue weighted by Gasteiger charge is -1.98. The predicted octanol–water partition coefficient (Wildman–Crippen LogP) is 1.87. The molecule has 0 amide bonds. The Bertz CT molecular complexity index is 428. The fourth-order valence-corrected chi connectivity index (χ4v) is 1.17. The number of aromatic nitrogens is 2. The van der Waals surface area contributed by atoms with Gasteiger partial charge in [0, 0.05) is 6.20 Å². The van der Waals surface area contributed by atoms with Gasteiger partial charge in [-0.3, -0.25) is 4.98 Å². The lowest BCUT2D eigenvalue weighted by molar-refractivity contribution is 1.34. The Balaban J connectivity index is 2.88. The van der Waals surface area contributed by atoms with E-state index in [1.54, 1.807) is 24.4 Å². The van der Waals surface area contributed by atoms with Crippen molar-refractivity contribution in [3.8, 4) is 0 Å². The molecule has 2 heterocycles. The highest BCUT2D eigenvalue weighted by molar-refractivity contribution is 6.29. The first-order valence-electron chi connectivity index (χ1n) is 3.44. The molecule has 0 saturated heterocycles. The SMILES string of the molecule is Nc1ccnc2ccc(Cl)nc12. The second-order valence-corrected chi connectivity index (χ2v) is 2.79. The van der Waals surface area contributed by atoms with Crippen molar-refractivity contribution in [1.29, 1.82) is 0 Å². The second kappa shape index (κ2) is 2.60.